The fourth-order valence-electron chi connectivity index (χ4n) is 4.85. The Hall–Kier alpha value is -2.29. The molecule has 4 rings (SSSR count). The van der Waals surface area contributed by atoms with Gasteiger partial charge in [-0.25, -0.2) is 4.39 Å². The number of aromatic nitrogens is 3. The van der Waals surface area contributed by atoms with Crippen LogP contribution in [0, 0.1) is 11.8 Å². The van der Waals surface area contributed by atoms with E-state index in [-0.39, 0.29) is 12.5 Å². The number of thioether (sulfide) groups is 1. The van der Waals surface area contributed by atoms with Crippen LogP contribution in [0.4, 0.5) is 4.39 Å². The number of piperidine rings is 1. The van der Waals surface area contributed by atoms with Gasteiger partial charge in [0, 0.05) is 29.6 Å². The molecule has 6 nitrogen and oxygen atoms in total. The number of methoxy groups -OCH3 is 1. The van der Waals surface area contributed by atoms with Gasteiger partial charge in [-0.1, -0.05) is 0 Å². The molecular formula is C26H33FN4O2S. The van der Waals surface area contributed by atoms with E-state index in [1.165, 1.54) is 0 Å². The summed E-state index contributed by atoms with van der Waals surface area (Å²) < 4.78 is 20.7. The van der Waals surface area contributed by atoms with Gasteiger partial charge in [-0.3, -0.25) is 4.98 Å². The molecule has 1 saturated heterocycles. The molecular weight excluding hydrogens is 451 g/mol. The predicted molar refractivity (Wildman–Crippen MR) is 134 cm³/mol. The average Bonchev–Trinajstić information content (AvgIpc) is 2.89. The zero-order valence-electron chi connectivity index (χ0n) is 19.6. The third-order valence-corrected chi connectivity index (χ3v) is 7.83. The second-order valence-corrected chi connectivity index (χ2v) is 10.1. The van der Waals surface area contributed by atoms with Gasteiger partial charge in [0.15, 0.2) is 0 Å². The van der Waals surface area contributed by atoms with Crippen molar-refractivity contribution < 1.29 is 14.2 Å². The van der Waals surface area contributed by atoms with Gasteiger partial charge >= 0.3 is 0 Å². The molecule has 0 unspecified atom stereocenters. The van der Waals surface area contributed by atoms with E-state index in [2.05, 4.69) is 20.1 Å². The second-order valence-electron chi connectivity index (χ2n) is 8.90. The summed E-state index contributed by atoms with van der Waals surface area (Å²) in [4.78, 5) is 7.95. The first-order chi connectivity index (χ1) is 16.7. The number of fused-ring (bicyclic) bond motifs is 1. The van der Waals surface area contributed by atoms with Crippen molar-refractivity contribution in [3.8, 4) is 5.75 Å². The van der Waals surface area contributed by atoms with Crippen LogP contribution in [0.1, 0.15) is 37.4 Å². The molecule has 0 saturated carbocycles. The summed E-state index contributed by atoms with van der Waals surface area (Å²) in [5.74, 6) is 2.29. The predicted octanol–water partition coefficient (Wildman–Crippen LogP) is 4.94. The van der Waals surface area contributed by atoms with Gasteiger partial charge in [0.2, 0.25) is 0 Å². The van der Waals surface area contributed by atoms with E-state index >= 15 is 4.39 Å². The van der Waals surface area contributed by atoms with Crippen molar-refractivity contribution >= 4 is 22.7 Å². The Morgan fingerprint density at radius 2 is 2.12 bits per heavy atom. The van der Waals surface area contributed by atoms with Crippen LogP contribution in [-0.2, 0) is 0 Å². The van der Waals surface area contributed by atoms with E-state index < -0.39 is 6.17 Å². The molecule has 0 radical (unpaired) electrons. The van der Waals surface area contributed by atoms with Crippen molar-refractivity contribution in [2.75, 3.05) is 39.1 Å². The van der Waals surface area contributed by atoms with Gasteiger partial charge in [-0.2, -0.15) is 10.2 Å². The number of pyridine rings is 1. The number of ether oxygens (including phenoxy) is 1. The van der Waals surface area contributed by atoms with Gasteiger partial charge in [0.05, 0.1) is 25.0 Å². The molecule has 3 aromatic rings. The van der Waals surface area contributed by atoms with Crippen molar-refractivity contribution in [3.05, 3.63) is 54.5 Å². The molecule has 2 aromatic heterocycles. The highest BCUT2D eigenvalue weighted by Crippen LogP contribution is 2.35. The summed E-state index contributed by atoms with van der Waals surface area (Å²) in [6, 6.07) is 9.34. The molecule has 182 valence electrons. The lowest BCUT2D eigenvalue weighted by atomic mass is 9.81. The molecule has 0 amide bonds. The van der Waals surface area contributed by atoms with Gasteiger partial charge in [-0.15, -0.1) is 11.8 Å². The lowest BCUT2D eigenvalue weighted by molar-refractivity contribution is 0.0640. The highest BCUT2D eigenvalue weighted by molar-refractivity contribution is 7.99. The third-order valence-electron chi connectivity index (χ3n) is 6.77. The van der Waals surface area contributed by atoms with E-state index in [9.17, 15) is 5.11 Å². The summed E-state index contributed by atoms with van der Waals surface area (Å²) in [5.41, 5.74) is 1.45. The maximum absolute atomic E-state index is 15.4. The minimum atomic E-state index is -1.06. The van der Waals surface area contributed by atoms with Gasteiger partial charge < -0.3 is 14.7 Å². The van der Waals surface area contributed by atoms with Crippen LogP contribution in [0.25, 0.3) is 10.9 Å². The zero-order chi connectivity index (χ0) is 23.8. The first kappa shape index (κ1) is 24.8. The number of likely N-dealkylation sites (tertiary alicyclic amines) is 1. The highest BCUT2D eigenvalue weighted by Gasteiger charge is 2.29. The quantitative estimate of drug-likeness (QED) is 0.305. The number of alkyl halides is 1. The molecule has 1 N–H and O–H groups in total. The van der Waals surface area contributed by atoms with Crippen molar-refractivity contribution in [2.24, 2.45) is 11.8 Å². The largest absolute Gasteiger partial charge is 0.497 e. The topological polar surface area (TPSA) is 71.4 Å². The minimum absolute atomic E-state index is 0.158. The lowest BCUT2D eigenvalue weighted by Crippen LogP contribution is -2.42. The van der Waals surface area contributed by atoms with Crippen LogP contribution in [0.2, 0.25) is 0 Å². The van der Waals surface area contributed by atoms with Crippen molar-refractivity contribution in [1.82, 2.24) is 20.1 Å². The minimum Gasteiger partial charge on any atom is -0.497 e. The van der Waals surface area contributed by atoms with E-state index in [4.69, 9.17) is 4.74 Å². The smallest absolute Gasteiger partial charge is 0.126 e. The Kier molecular flexibility index (Phi) is 9.07. The Bertz CT molecular complexity index is 1040. The summed E-state index contributed by atoms with van der Waals surface area (Å²) in [5, 5.41) is 18.5. The van der Waals surface area contributed by atoms with Crippen LogP contribution in [0.15, 0.2) is 53.8 Å². The molecule has 1 aromatic carbocycles. The van der Waals surface area contributed by atoms with Gasteiger partial charge in [0.25, 0.3) is 0 Å². The average molecular weight is 485 g/mol. The van der Waals surface area contributed by atoms with Crippen LogP contribution >= 0.6 is 11.8 Å². The SMILES string of the molecule is COc1ccc2nccc([C@@H](F)CC[C@@H]3CCN(CCCSc4ccnnc4)C[C@@H]3CO)c2c1. The Morgan fingerprint density at radius 3 is 2.91 bits per heavy atom. The van der Waals surface area contributed by atoms with Gasteiger partial charge in [0.1, 0.15) is 11.9 Å². The summed E-state index contributed by atoms with van der Waals surface area (Å²) in [6.45, 7) is 3.07. The lowest BCUT2D eigenvalue weighted by Gasteiger charge is -2.38. The summed E-state index contributed by atoms with van der Waals surface area (Å²) in [6.07, 6.45) is 7.44. The van der Waals surface area contributed by atoms with Crippen LogP contribution in [0.5, 0.6) is 5.75 Å². The van der Waals surface area contributed by atoms with Crippen molar-refractivity contribution in [1.29, 1.82) is 0 Å². The number of nitrogens with zero attached hydrogens (tertiary/aromatic N) is 4. The van der Waals surface area contributed by atoms with Gasteiger partial charge in [-0.05, 0) is 92.3 Å². The molecule has 0 aliphatic carbocycles. The second kappa shape index (κ2) is 12.4. The normalized spacial score (nSPS) is 19.9. The van der Waals surface area contributed by atoms with E-state index in [0.717, 1.165) is 60.4 Å². The Labute approximate surface area is 204 Å². The third kappa shape index (κ3) is 6.43. The molecule has 3 atom stereocenters. The Balaban J connectivity index is 1.26. The van der Waals surface area contributed by atoms with Crippen LogP contribution in [0.3, 0.4) is 0 Å². The number of hydrogen-bond donors (Lipinski definition) is 1. The van der Waals surface area contributed by atoms with E-state index in [0.29, 0.717) is 23.7 Å². The first-order valence-electron chi connectivity index (χ1n) is 12.0. The molecule has 34 heavy (non-hydrogen) atoms. The number of benzene rings is 1. The molecule has 8 heteroatoms. The fourth-order valence-corrected chi connectivity index (χ4v) is 5.64. The van der Waals surface area contributed by atoms with Crippen LogP contribution in [-0.4, -0.2) is 64.3 Å². The van der Waals surface area contributed by atoms with E-state index in [1.54, 1.807) is 43.5 Å². The molecule has 1 aliphatic heterocycles. The molecule has 0 spiro atoms. The maximum atomic E-state index is 15.4. The molecule has 1 aliphatic rings. The Morgan fingerprint density at radius 1 is 1.21 bits per heavy atom. The number of rotatable bonds is 11. The zero-order valence-corrected chi connectivity index (χ0v) is 20.5. The maximum Gasteiger partial charge on any atom is 0.126 e. The number of halogens is 1. The summed E-state index contributed by atoms with van der Waals surface area (Å²) in [7, 11) is 1.61. The molecule has 3 heterocycles. The number of aliphatic hydroxyl groups is 1. The molecule has 1 fully saturated rings. The monoisotopic (exact) mass is 484 g/mol. The van der Waals surface area contributed by atoms with Crippen LogP contribution < -0.4 is 4.74 Å². The standard InChI is InChI=1S/C26H33FN4O2S/c1-33-21-4-6-26-24(15-21)23(8-10-28-26)25(27)5-3-19-9-13-31(17-20(19)18-32)12-2-14-34-22-7-11-29-30-16-22/h4,6-8,10-11,15-16,19-20,25,32H,2-3,5,9,12-14,17-18H2,1H3/t19-,20-,25+/m1/s1. The number of aliphatic hydroxyl groups excluding tert-OH is 1. The van der Waals surface area contributed by atoms with E-state index in [1.807, 2.05) is 24.3 Å². The fraction of sp³-hybridized carbons (Fsp3) is 0.500. The molecule has 0 bridgehead atoms. The number of hydrogen-bond acceptors (Lipinski definition) is 7. The highest BCUT2D eigenvalue weighted by atomic mass is 32.2. The van der Waals surface area contributed by atoms with Crippen molar-refractivity contribution in [2.45, 2.75) is 36.8 Å². The van der Waals surface area contributed by atoms with Crippen molar-refractivity contribution in [3.63, 3.8) is 0 Å². The first-order valence-corrected chi connectivity index (χ1v) is 13.0. The summed E-state index contributed by atoms with van der Waals surface area (Å²) >= 11 is 1.80.